The van der Waals surface area contributed by atoms with Crippen molar-refractivity contribution < 1.29 is 22.3 Å². The van der Waals surface area contributed by atoms with Crippen LogP contribution < -0.4 is 10.0 Å². The van der Waals surface area contributed by atoms with E-state index in [2.05, 4.69) is 14.9 Å². The van der Waals surface area contributed by atoms with Crippen molar-refractivity contribution in [3.63, 3.8) is 0 Å². The molecule has 0 spiro atoms. The molecule has 0 saturated carbocycles. The first-order valence-corrected chi connectivity index (χ1v) is 11.6. The third-order valence-electron chi connectivity index (χ3n) is 4.66. The second-order valence-corrected chi connectivity index (χ2v) is 9.16. The zero-order chi connectivity index (χ0) is 21.6. The van der Waals surface area contributed by atoms with Crippen molar-refractivity contribution in [2.75, 3.05) is 37.2 Å². The zero-order valence-corrected chi connectivity index (χ0v) is 17.6. The second kappa shape index (κ2) is 10.0. The fourth-order valence-electron chi connectivity index (χ4n) is 3.33. The Morgan fingerprint density at radius 1 is 1.20 bits per heavy atom. The van der Waals surface area contributed by atoms with Crippen LogP contribution in [0.2, 0.25) is 0 Å². The summed E-state index contributed by atoms with van der Waals surface area (Å²) < 4.78 is 43.9. The van der Waals surface area contributed by atoms with Crippen LogP contribution in [-0.4, -0.2) is 57.8 Å². The first kappa shape index (κ1) is 22.2. The van der Waals surface area contributed by atoms with Crippen molar-refractivity contribution in [1.29, 1.82) is 0 Å². The van der Waals surface area contributed by atoms with Gasteiger partial charge in [0, 0.05) is 31.9 Å². The van der Waals surface area contributed by atoms with Crippen LogP contribution in [0.5, 0.6) is 0 Å². The van der Waals surface area contributed by atoms with Gasteiger partial charge in [-0.1, -0.05) is 24.3 Å². The number of benzene rings is 2. The summed E-state index contributed by atoms with van der Waals surface area (Å²) in [4.78, 5) is 14.5. The van der Waals surface area contributed by atoms with Crippen LogP contribution in [0.3, 0.4) is 0 Å². The summed E-state index contributed by atoms with van der Waals surface area (Å²) in [5.41, 5.74) is 2.17. The number of nitrogens with zero attached hydrogens (tertiary/aromatic N) is 1. The minimum absolute atomic E-state index is 0.124. The largest absolute Gasteiger partial charge is 0.374 e. The minimum atomic E-state index is -3.37. The van der Waals surface area contributed by atoms with Crippen LogP contribution in [0.15, 0.2) is 48.5 Å². The van der Waals surface area contributed by atoms with Crippen molar-refractivity contribution in [3.05, 3.63) is 65.5 Å². The van der Waals surface area contributed by atoms with Gasteiger partial charge in [-0.15, -0.1) is 0 Å². The highest BCUT2D eigenvalue weighted by molar-refractivity contribution is 7.92. The predicted octanol–water partition coefficient (Wildman–Crippen LogP) is 1.76. The van der Waals surface area contributed by atoms with E-state index >= 15 is 0 Å². The van der Waals surface area contributed by atoms with Gasteiger partial charge in [0.05, 0.1) is 25.4 Å². The van der Waals surface area contributed by atoms with Crippen molar-refractivity contribution in [2.45, 2.75) is 19.1 Å². The topological polar surface area (TPSA) is 87.7 Å². The van der Waals surface area contributed by atoms with Crippen LogP contribution in [0.25, 0.3) is 0 Å². The molecule has 2 aromatic carbocycles. The number of hydrogen-bond donors (Lipinski definition) is 2. The average molecular weight is 436 g/mol. The Hall–Kier alpha value is -2.49. The fourth-order valence-corrected chi connectivity index (χ4v) is 3.89. The minimum Gasteiger partial charge on any atom is -0.374 e. The van der Waals surface area contributed by atoms with Gasteiger partial charge in [-0.05, 0) is 35.4 Å². The smallest absolute Gasteiger partial charge is 0.229 e. The maximum Gasteiger partial charge on any atom is 0.229 e. The van der Waals surface area contributed by atoms with E-state index in [9.17, 15) is 17.6 Å². The molecule has 30 heavy (non-hydrogen) atoms. The van der Waals surface area contributed by atoms with E-state index in [-0.39, 0.29) is 24.2 Å². The van der Waals surface area contributed by atoms with Gasteiger partial charge in [-0.25, -0.2) is 12.8 Å². The Kier molecular flexibility index (Phi) is 7.41. The molecule has 1 atom stereocenters. The van der Waals surface area contributed by atoms with Crippen LogP contribution in [-0.2, 0) is 32.5 Å². The molecule has 0 aromatic heterocycles. The first-order valence-electron chi connectivity index (χ1n) is 9.69. The average Bonchev–Trinajstić information content (AvgIpc) is 2.67. The highest BCUT2D eigenvalue weighted by Crippen LogP contribution is 2.13. The molecule has 0 radical (unpaired) electrons. The molecule has 1 saturated heterocycles. The van der Waals surface area contributed by atoms with Gasteiger partial charge in [-0.3, -0.25) is 14.4 Å². The van der Waals surface area contributed by atoms with Gasteiger partial charge in [-0.2, -0.15) is 0 Å². The monoisotopic (exact) mass is 435 g/mol. The summed E-state index contributed by atoms with van der Waals surface area (Å²) in [7, 11) is -3.37. The van der Waals surface area contributed by atoms with E-state index in [1.54, 1.807) is 36.4 Å². The molecule has 0 bridgehead atoms. The molecule has 1 unspecified atom stereocenters. The maximum atomic E-state index is 13.1. The van der Waals surface area contributed by atoms with Gasteiger partial charge in [0.25, 0.3) is 0 Å². The Bertz CT molecular complexity index is 966. The lowest BCUT2D eigenvalue weighted by Crippen LogP contribution is -2.47. The number of sulfonamides is 1. The zero-order valence-electron chi connectivity index (χ0n) is 16.8. The molecule has 1 aliphatic heterocycles. The van der Waals surface area contributed by atoms with Gasteiger partial charge in [0.1, 0.15) is 5.82 Å². The standard InChI is InChI=1S/C21H26FN3O4S/c1-30(27,28)24-19-4-2-3-17(11-19)12-21(26)23-13-20-15-25(9-10-29-20)14-16-5-7-18(22)8-6-16/h2-8,11,20,24H,9-10,12-15H2,1H3,(H,23,26). The third-order valence-corrected chi connectivity index (χ3v) is 5.27. The molecule has 2 N–H and O–H groups in total. The van der Waals surface area contributed by atoms with Crippen molar-refractivity contribution in [2.24, 2.45) is 0 Å². The maximum absolute atomic E-state index is 13.1. The highest BCUT2D eigenvalue weighted by atomic mass is 32.2. The molecule has 0 aliphatic carbocycles. The second-order valence-electron chi connectivity index (χ2n) is 7.41. The number of amides is 1. The van der Waals surface area contributed by atoms with Crippen LogP contribution in [0, 0.1) is 5.82 Å². The lowest BCUT2D eigenvalue weighted by atomic mass is 10.1. The SMILES string of the molecule is CS(=O)(=O)Nc1cccc(CC(=O)NCC2CN(Cc3ccc(F)cc3)CCO2)c1. The Balaban J connectivity index is 1.46. The van der Waals surface area contributed by atoms with Gasteiger partial charge < -0.3 is 10.1 Å². The van der Waals surface area contributed by atoms with E-state index in [1.807, 2.05) is 0 Å². The highest BCUT2D eigenvalue weighted by Gasteiger charge is 2.21. The van der Waals surface area contributed by atoms with Crippen LogP contribution in [0.4, 0.5) is 10.1 Å². The number of nitrogens with one attached hydrogen (secondary N) is 2. The number of ether oxygens (including phenoxy) is 1. The lowest BCUT2D eigenvalue weighted by Gasteiger charge is -2.33. The summed E-state index contributed by atoms with van der Waals surface area (Å²) >= 11 is 0. The quantitative estimate of drug-likeness (QED) is 0.660. The summed E-state index contributed by atoms with van der Waals surface area (Å²) in [6.07, 6.45) is 1.10. The number of carbonyl (C=O) groups excluding carboxylic acids is 1. The van der Waals surface area contributed by atoms with Gasteiger partial charge in [0.2, 0.25) is 15.9 Å². The molecule has 162 valence electrons. The first-order chi connectivity index (χ1) is 14.3. The van der Waals surface area contributed by atoms with Crippen LogP contribution in [0.1, 0.15) is 11.1 Å². The van der Waals surface area contributed by atoms with Crippen LogP contribution >= 0.6 is 0 Å². The van der Waals surface area contributed by atoms with Crippen molar-refractivity contribution in [3.8, 4) is 0 Å². The van der Waals surface area contributed by atoms with E-state index in [4.69, 9.17) is 4.74 Å². The Morgan fingerprint density at radius 3 is 2.70 bits per heavy atom. The number of anilines is 1. The summed E-state index contributed by atoms with van der Waals surface area (Å²) in [5.74, 6) is -0.412. The normalized spacial score (nSPS) is 17.5. The number of morpholine rings is 1. The molecule has 1 heterocycles. The molecule has 1 aliphatic rings. The number of halogens is 1. The van der Waals surface area contributed by atoms with Crippen molar-refractivity contribution in [1.82, 2.24) is 10.2 Å². The predicted molar refractivity (Wildman–Crippen MR) is 113 cm³/mol. The number of hydrogen-bond acceptors (Lipinski definition) is 5. The van der Waals surface area contributed by atoms with Gasteiger partial charge in [0.15, 0.2) is 0 Å². The number of rotatable bonds is 8. The molecular formula is C21H26FN3O4S. The molecular weight excluding hydrogens is 409 g/mol. The molecule has 2 aromatic rings. The lowest BCUT2D eigenvalue weighted by molar-refractivity contribution is -0.121. The number of carbonyl (C=O) groups is 1. The summed E-state index contributed by atoms with van der Waals surface area (Å²) in [6.45, 7) is 3.11. The molecule has 9 heteroatoms. The van der Waals surface area contributed by atoms with E-state index < -0.39 is 10.0 Å². The Labute approximate surface area is 176 Å². The molecule has 1 amide bonds. The fraction of sp³-hybridized carbons (Fsp3) is 0.381. The molecule has 7 nitrogen and oxygen atoms in total. The van der Waals surface area contributed by atoms with E-state index in [1.165, 1.54) is 12.1 Å². The third kappa shape index (κ3) is 7.40. The molecule has 1 fully saturated rings. The van der Waals surface area contributed by atoms with E-state index in [0.717, 1.165) is 18.4 Å². The summed E-state index contributed by atoms with van der Waals surface area (Å²) in [6, 6.07) is 13.2. The van der Waals surface area contributed by atoms with Crippen molar-refractivity contribution >= 4 is 21.6 Å². The van der Waals surface area contributed by atoms with E-state index in [0.29, 0.717) is 37.5 Å². The summed E-state index contributed by atoms with van der Waals surface area (Å²) in [5, 5.41) is 2.88. The Morgan fingerprint density at radius 2 is 1.97 bits per heavy atom. The van der Waals surface area contributed by atoms with Gasteiger partial charge >= 0.3 is 0 Å². The molecule has 3 rings (SSSR count).